The molecule has 0 radical (unpaired) electrons. The molecule has 134 valence electrons. The van der Waals surface area contributed by atoms with Crippen LogP contribution in [-0.2, 0) is 4.79 Å². The zero-order chi connectivity index (χ0) is 16.3. The molecule has 1 aliphatic carbocycles. The van der Waals surface area contributed by atoms with Crippen LogP contribution in [0.25, 0.3) is 0 Å². The van der Waals surface area contributed by atoms with E-state index in [2.05, 4.69) is 34.0 Å². The van der Waals surface area contributed by atoms with Crippen LogP contribution in [0.2, 0.25) is 0 Å². The van der Waals surface area contributed by atoms with Crippen molar-refractivity contribution in [3.63, 3.8) is 0 Å². The Bertz CT molecular complexity index is 430. The molecule has 1 saturated heterocycles. The Morgan fingerprint density at radius 2 is 1.83 bits per heavy atom. The van der Waals surface area contributed by atoms with Crippen molar-refractivity contribution >= 4 is 35.8 Å². The topological polar surface area (TPSA) is 51.2 Å². The first-order chi connectivity index (χ1) is 10.3. The van der Waals surface area contributed by atoms with Gasteiger partial charge in [-0.1, -0.05) is 13.8 Å². The molecule has 1 N–H and O–H groups in total. The van der Waals surface area contributed by atoms with Crippen molar-refractivity contribution in [2.45, 2.75) is 32.7 Å². The largest absolute Gasteiger partial charge is 0.353 e. The Kier molecular flexibility index (Phi) is 7.57. The van der Waals surface area contributed by atoms with Crippen molar-refractivity contribution < 1.29 is 4.79 Å². The predicted molar refractivity (Wildman–Crippen MR) is 105 cm³/mol. The van der Waals surface area contributed by atoms with E-state index in [9.17, 15) is 4.79 Å². The number of guanidine groups is 1. The van der Waals surface area contributed by atoms with E-state index in [0.717, 1.165) is 38.7 Å². The zero-order valence-corrected chi connectivity index (χ0v) is 17.5. The maximum atomic E-state index is 11.7. The normalized spacial score (nSPS) is 24.0. The Morgan fingerprint density at radius 1 is 1.26 bits per heavy atom. The highest BCUT2D eigenvalue weighted by atomic mass is 127. The summed E-state index contributed by atoms with van der Waals surface area (Å²) in [4.78, 5) is 22.5. The van der Waals surface area contributed by atoms with Gasteiger partial charge in [0.25, 0.3) is 0 Å². The monoisotopic (exact) mass is 437 g/mol. The van der Waals surface area contributed by atoms with Gasteiger partial charge in [0, 0.05) is 66.3 Å². The number of amides is 1. The zero-order valence-electron chi connectivity index (χ0n) is 15.1. The highest BCUT2D eigenvalue weighted by Gasteiger charge is 2.46. The highest BCUT2D eigenvalue weighted by molar-refractivity contribution is 14.0. The Morgan fingerprint density at radius 3 is 2.26 bits per heavy atom. The van der Waals surface area contributed by atoms with Gasteiger partial charge in [-0.15, -0.1) is 24.0 Å². The van der Waals surface area contributed by atoms with Crippen molar-refractivity contribution in [1.29, 1.82) is 0 Å². The maximum absolute atomic E-state index is 11.7. The molecule has 7 heteroatoms. The molecule has 1 atom stereocenters. The number of carbonyl (C=O) groups is 1. The van der Waals surface area contributed by atoms with Gasteiger partial charge >= 0.3 is 0 Å². The van der Waals surface area contributed by atoms with Crippen molar-refractivity contribution in [3.05, 3.63) is 0 Å². The number of piperazine rings is 1. The van der Waals surface area contributed by atoms with E-state index >= 15 is 0 Å². The van der Waals surface area contributed by atoms with Gasteiger partial charge in [0.2, 0.25) is 5.91 Å². The van der Waals surface area contributed by atoms with Gasteiger partial charge in [-0.2, -0.15) is 0 Å². The first-order valence-corrected chi connectivity index (χ1v) is 8.24. The summed E-state index contributed by atoms with van der Waals surface area (Å²) in [6, 6.07) is 0.557. The molecule has 0 aromatic carbocycles. The second kappa shape index (κ2) is 8.50. The Labute approximate surface area is 157 Å². The summed E-state index contributed by atoms with van der Waals surface area (Å²) in [5, 5.41) is 3.58. The lowest BCUT2D eigenvalue weighted by Crippen LogP contribution is -2.53. The predicted octanol–water partition coefficient (Wildman–Crippen LogP) is 1.07. The van der Waals surface area contributed by atoms with Crippen molar-refractivity contribution in [2.75, 3.05) is 53.9 Å². The number of nitrogens with one attached hydrogen (secondary N) is 1. The summed E-state index contributed by atoms with van der Waals surface area (Å²) in [7, 11) is 5.49. The number of rotatable bonds is 4. The quantitative estimate of drug-likeness (QED) is 0.406. The average molecular weight is 437 g/mol. The minimum Gasteiger partial charge on any atom is -0.353 e. The van der Waals surface area contributed by atoms with Crippen LogP contribution in [0, 0.1) is 5.41 Å². The number of aliphatic imine (C=N–C) groups is 1. The SMILES string of the molecule is CN=C(NC1CC1(C)C)N1CCN(CCC(=O)N(C)C)CC1.I. The van der Waals surface area contributed by atoms with E-state index in [1.807, 2.05) is 21.1 Å². The van der Waals surface area contributed by atoms with Crippen LogP contribution in [0.1, 0.15) is 26.7 Å². The average Bonchev–Trinajstić information content (AvgIpc) is 3.09. The third kappa shape index (κ3) is 5.77. The van der Waals surface area contributed by atoms with Gasteiger partial charge in [-0.05, 0) is 11.8 Å². The number of carbonyl (C=O) groups excluding carboxylic acids is 1. The maximum Gasteiger partial charge on any atom is 0.223 e. The van der Waals surface area contributed by atoms with Gasteiger partial charge < -0.3 is 15.1 Å². The lowest BCUT2D eigenvalue weighted by Gasteiger charge is -2.36. The fourth-order valence-electron chi connectivity index (χ4n) is 2.83. The molecule has 23 heavy (non-hydrogen) atoms. The highest BCUT2D eigenvalue weighted by Crippen LogP contribution is 2.44. The summed E-state index contributed by atoms with van der Waals surface area (Å²) >= 11 is 0. The first kappa shape index (κ1) is 20.5. The summed E-state index contributed by atoms with van der Waals surface area (Å²) in [6.07, 6.45) is 1.83. The molecule has 1 amide bonds. The molecule has 2 fully saturated rings. The molecule has 1 saturated carbocycles. The molecule has 6 nitrogen and oxygen atoms in total. The smallest absolute Gasteiger partial charge is 0.223 e. The molecule has 0 aromatic heterocycles. The third-order valence-electron chi connectivity index (χ3n) is 4.84. The van der Waals surface area contributed by atoms with Crippen molar-refractivity contribution in [2.24, 2.45) is 10.4 Å². The van der Waals surface area contributed by atoms with Crippen LogP contribution in [0.5, 0.6) is 0 Å². The van der Waals surface area contributed by atoms with Gasteiger partial charge in [-0.25, -0.2) is 0 Å². The molecule has 0 spiro atoms. The summed E-state index contributed by atoms with van der Waals surface area (Å²) in [5.41, 5.74) is 0.407. The standard InChI is InChI=1S/C16H31N5O.HI/c1-16(2)12-13(16)18-15(17-3)21-10-8-20(9-11-21)7-6-14(22)19(4)5;/h13H,6-12H2,1-5H3,(H,17,18);1H. The number of nitrogens with zero attached hydrogens (tertiary/aromatic N) is 4. The second-order valence-corrected chi connectivity index (χ2v) is 7.30. The number of halogens is 1. The Hall–Kier alpha value is -0.570. The van der Waals surface area contributed by atoms with Gasteiger partial charge in [-0.3, -0.25) is 14.7 Å². The molecule has 0 bridgehead atoms. The molecule has 0 aromatic rings. The van der Waals surface area contributed by atoms with Crippen LogP contribution in [0.4, 0.5) is 0 Å². The van der Waals surface area contributed by atoms with Gasteiger partial charge in [0.1, 0.15) is 0 Å². The lowest BCUT2D eigenvalue weighted by atomic mass is 10.2. The van der Waals surface area contributed by atoms with E-state index < -0.39 is 0 Å². The third-order valence-corrected chi connectivity index (χ3v) is 4.84. The first-order valence-electron chi connectivity index (χ1n) is 8.24. The number of hydrogen-bond donors (Lipinski definition) is 1. The molecular weight excluding hydrogens is 405 g/mol. The van der Waals surface area contributed by atoms with Crippen LogP contribution in [-0.4, -0.2) is 86.5 Å². The van der Waals surface area contributed by atoms with Crippen LogP contribution >= 0.6 is 24.0 Å². The van der Waals surface area contributed by atoms with E-state index in [1.54, 1.807) is 4.90 Å². The lowest BCUT2D eigenvalue weighted by molar-refractivity contribution is -0.129. The summed E-state index contributed by atoms with van der Waals surface area (Å²) in [6.45, 7) is 9.37. The van der Waals surface area contributed by atoms with Crippen LogP contribution < -0.4 is 5.32 Å². The van der Waals surface area contributed by atoms with Crippen molar-refractivity contribution in [1.82, 2.24) is 20.0 Å². The number of hydrogen-bond acceptors (Lipinski definition) is 3. The molecule has 1 heterocycles. The molecular formula is C16H32IN5O. The Balaban J connectivity index is 0.00000264. The van der Waals surface area contributed by atoms with Crippen LogP contribution in [0.3, 0.4) is 0 Å². The molecule has 1 aliphatic heterocycles. The fraction of sp³-hybridized carbons (Fsp3) is 0.875. The van der Waals surface area contributed by atoms with Gasteiger partial charge in [0.15, 0.2) is 5.96 Å². The van der Waals surface area contributed by atoms with E-state index in [0.29, 0.717) is 17.9 Å². The van der Waals surface area contributed by atoms with E-state index in [1.165, 1.54) is 6.42 Å². The molecule has 1 unspecified atom stereocenters. The van der Waals surface area contributed by atoms with E-state index in [4.69, 9.17) is 0 Å². The van der Waals surface area contributed by atoms with Gasteiger partial charge in [0.05, 0.1) is 0 Å². The van der Waals surface area contributed by atoms with Crippen LogP contribution in [0.15, 0.2) is 4.99 Å². The summed E-state index contributed by atoms with van der Waals surface area (Å²) < 4.78 is 0. The molecule has 2 aliphatic rings. The second-order valence-electron chi connectivity index (χ2n) is 7.30. The summed E-state index contributed by atoms with van der Waals surface area (Å²) in [5.74, 6) is 1.23. The minimum atomic E-state index is 0. The molecule has 2 rings (SSSR count). The minimum absolute atomic E-state index is 0. The van der Waals surface area contributed by atoms with E-state index in [-0.39, 0.29) is 29.9 Å². The fourth-order valence-corrected chi connectivity index (χ4v) is 2.83. The van der Waals surface area contributed by atoms with Crippen molar-refractivity contribution in [3.8, 4) is 0 Å².